The lowest BCUT2D eigenvalue weighted by molar-refractivity contribution is 0.321. The van der Waals surface area contributed by atoms with Crippen LogP contribution in [0.15, 0.2) is 39.6 Å². The minimum Gasteiger partial charge on any atom is -0.491 e. The predicted molar refractivity (Wildman–Crippen MR) is 120 cm³/mol. The van der Waals surface area contributed by atoms with E-state index in [1.165, 1.54) is 18.2 Å². The van der Waals surface area contributed by atoms with Crippen LogP contribution < -0.4 is 20.1 Å². The predicted octanol–water partition coefficient (Wildman–Crippen LogP) is 3.43. The van der Waals surface area contributed by atoms with E-state index in [1.807, 2.05) is 4.90 Å². The SMILES string of the molecule is CCOc1cc(CN(c2nc3cc(Cl)c(S(N)(=O)=O)cc3o2)C2CCNCC2)ccc1F. The number of nitrogens with zero attached hydrogens (tertiary/aromatic N) is 2. The third-order valence-electron chi connectivity index (χ3n) is 5.38. The van der Waals surface area contributed by atoms with Crippen molar-refractivity contribution in [2.45, 2.75) is 37.2 Å². The quantitative estimate of drug-likeness (QED) is 0.530. The van der Waals surface area contributed by atoms with Crippen molar-refractivity contribution < 1.29 is 22.0 Å². The van der Waals surface area contributed by atoms with Crippen molar-refractivity contribution in [1.82, 2.24) is 10.3 Å². The number of nitrogens with one attached hydrogen (secondary N) is 1. The molecule has 1 saturated heterocycles. The highest BCUT2D eigenvalue weighted by Crippen LogP contribution is 2.32. The number of piperidine rings is 1. The molecule has 0 spiro atoms. The Morgan fingerprint density at radius 3 is 2.75 bits per heavy atom. The maximum atomic E-state index is 14.0. The molecule has 0 atom stereocenters. The van der Waals surface area contributed by atoms with Gasteiger partial charge in [0.2, 0.25) is 10.0 Å². The van der Waals surface area contributed by atoms with Gasteiger partial charge in [-0.15, -0.1) is 0 Å². The first-order chi connectivity index (χ1) is 15.3. The summed E-state index contributed by atoms with van der Waals surface area (Å²) in [5, 5.41) is 8.56. The Kier molecular flexibility index (Phi) is 6.57. The maximum Gasteiger partial charge on any atom is 0.298 e. The maximum absolute atomic E-state index is 14.0. The molecule has 8 nitrogen and oxygen atoms in total. The molecule has 1 aromatic heterocycles. The number of halogens is 2. The van der Waals surface area contributed by atoms with E-state index in [1.54, 1.807) is 19.1 Å². The van der Waals surface area contributed by atoms with E-state index in [0.29, 0.717) is 24.7 Å². The summed E-state index contributed by atoms with van der Waals surface area (Å²) in [5.41, 5.74) is 1.52. The van der Waals surface area contributed by atoms with E-state index in [2.05, 4.69) is 10.3 Å². The van der Waals surface area contributed by atoms with Crippen LogP contribution in [0.2, 0.25) is 5.02 Å². The van der Waals surface area contributed by atoms with Gasteiger partial charge in [-0.3, -0.25) is 0 Å². The van der Waals surface area contributed by atoms with Crippen LogP contribution in [-0.2, 0) is 16.6 Å². The summed E-state index contributed by atoms with van der Waals surface area (Å²) in [6.07, 6.45) is 1.73. The largest absolute Gasteiger partial charge is 0.491 e. The highest BCUT2D eigenvalue weighted by Gasteiger charge is 2.27. The van der Waals surface area contributed by atoms with Crippen LogP contribution in [0.5, 0.6) is 5.75 Å². The molecule has 1 aliphatic heterocycles. The van der Waals surface area contributed by atoms with Gasteiger partial charge in [0.05, 0.1) is 11.6 Å². The number of hydrogen-bond donors (Lipinski definition) is 2. The highest BCUT2D eigenvalue weighted by molar-refractivity contribution is 7.89. The Morgan fingerprint density at radius 2 is 2.06 bits per heavy atom. The zero-order chi connectivity index (χ0) is 22.9. The topological polar surface area (TPSA) is 111 Å². The molecule has 0 radical (unpaired) electrons. The molecule has 3 aromatic rings. The molecule has 1 aliphatic rings. The Labute approximate surface area is 190 Å². The van der Waals surface area contributed by atoms with E-state index < -0.39 is 15.8 Å². The molecule has 32 heavy (non-hydrogen) atoms. The third kappa shape index (κ3) is 4.83. The summed E-state index contributed by atoms with van der Waals surface area (Å²) in [5.74, 6) is -0.228. The number of rotatable bonds is 7. The second-order valence-corrected chi connectivity index (χ2v) is 9.54. The van der Waals surface area contributed by atoms with Crippen molar-refractivity contribution in [3.05, 3.63) is 46.7 Å². The molecule has 0 bridgehead atoms. The molecule has 4 rings (SSSR count). The van der Waals surface area contributed by atoms with E-state index >= 15 is 0 Å². The second kappa shape index (κ2) is 9.22. The number of nitrogens with two attached hydrogens (primary N) is 1. The van der Waals surface area contributed by atoms with Gasteiger partial charge in [0.1, 0.15) is 10.4 Å². The number of sulfonamides is 1. The molecule has 2 heterocycles. The fourth-order valence-corrected chi connectivity index (χ4v) is 4.92. The van der Waals surface area contributed by atoms with Crippen LogP contribution in [0, 0.1) is 5.82 Å². The van der Waals surface area contributed by atoms with Gasteiger partial charge in [-0.1, -0.05) is 17.7 Å². The van der Waals surface area contributed by atoms with Gasteiger partial charge in [0.25, 0.3) is 6.01 Å². The molecule has 0 saturated carbocycles. The van der Waals surface area contributed by atoms with Gasteiger partial charge >= 0.3 is 0 Å². The molecular weight excluding hydrogens is 459 g/mol. The molecular formula is C21H24ClFN4O4S. The molecule has 1 fully saturated rings. The normalized spacial score (nSPS) is 15.2. The summed E-state index contributed by atoms with van der Waals surface area (Å²) in [6.45, 7) is 4.25. The van der Waals surface area contributed by atoms with Crippen LogP contribution in [0.4, 0.5) is 10.4 Å². The zero-order valence-electron chi connectivity index (χ0n) is 17.5. The summed E-state index contributed by atoms with van der Waals surface area (Å²) in [4.78, 5) is 6.35. The Hall–Kier alpha value is -2.40. The monoisotopic (exact) mass is 482 g/mol. The number of ether oxygens (including phenoxy) is 1. The first-order valence-electron chi connectivity index (χ1n) is 10.3. The molecule has 3 N–H and O–H groups in total. The Morgan fingerprint density at radius 1 is 1.31 bits per heavy atom. The third-order valence-corrected chi connectivity index (χ3v) is 6.76. The van der Waals surface area contributed by atoms with Gasteiger partial charge in [-0.25, -0.2) is 17.9 Å². The van der Waals surface area contributed by atoms with Gasteiger partial charge in [-0.05, 0) is 56.6 Å². The number of primary sulfonamides is 1. The lowest BCUT2D eigenvalue weighted by Gasteiger charge is -2.33. The van der Waals surface area contributed by atoms with Crippen LogP contribution in [-0.4, -0.2) is 39.1 Å². The number of hydrogen-bond acceptors (Lipinski definition) is 7. The van der Waals surface area contributed by atoms with Crippen molar-refractivity contribution in [2.24, 2.45) is 5.14 Å². The van der Waals surface area contributed by atoms with Gasteiger partial charge < -0.3 is 19.4 Å². The van der Waals surface area contributed by atoms with Crippen LogP contribution in [0.3, 0.4) is 0 Å². The molecule has 0 unspecified atom stereocenters. The molecule has 0 aliphatic carbocycles. The van der Waals surface area contributed by atoms with E-state index in [4.69, 9.17) is 25.9 Å². The lowest BCUT2D eigenvalue weighted by Crippen LogP contribution is -2.43. The lowest BCUT2D eigenvalue weighted by atomic mass is 10.0. The molecule has 11 heteroatoms. The minimum atomic E-state index is -4.01. The van der Waals surface area contributed by atoms with Crippen molar-refractivity contribution in [3.8, 4) is 5.75 Å². The minimum absolute atomic E-state index is 0.0202. The van der Waals surface area contributed by atoms with Gasteiger partial charge in [0.15, 0.2) is 17.1 Å². The smallest absolute Gasteiger partial charge is 0.298 e. The van der Waals surface area contributed by atoms with Crippen molar-refractivity contribution in [2.75, 3.05) is 24.6 Å². The number of fused-ring (bicyclic) bond motifs is 1. The summed E-state index contributed by atoms with van der Waals surface area (Å²) >= 11 is 6.10. The molecule has 2 aromatic carbocycles. The number of anilines is 1. The highest BCUT2D eigenvalue weighted by atomic mass is 35.5. The van der Waals surface area contributed by atoms with E-state index in [9.17, 15) is 12.8 Å². The van der Waals surface area contributed by atoms with Crippen LogP contribution in [0.1, 0.15) is 25.3 Å². The standard InChI is InChI=1S/C21H24ClFN4O4S/c1-2-30-18-9-13(3-4-16(18)23)12-27(14-5-7-25-8-6-14)21-26-17-10-15(22)20(32(24,28)29)11-19(17)31-21/h3-4,9-11,14,25H,2,5-8,12H2,1H3,(H2,24,28,29). The first kappa shape index (κ1) is 22.8. The van der Waals surface area contributed by atoms with Gasteiger partial charge in [0, 0.05) is 18.7 Å². The number of oxazole rings is 1. The van der Waals surface area contributed by atoms with Crippen molar-refractivity contribution >= 4 is 38.7 Å². The second-order valence-electron chi connectivity index (χ2n) is 7.60. The Bertz CT molecular complexity index is 1230. The van der Waals surface area contributed by atoms with Crippen LogP contribution >= 0.6 is 11.6 Å². The summed E-state index contributed by atoms with van der Waals surface area (Å²) in [7, 11) is -4.01. The van der Waals surface area contributed by atoms with E-state index in [-0.39, 0.29) is 27.3 Å². The average Bonchev–Trinajstić information content (AvgIpc) is 3.16. The Balaban J connectivity index is 1.74. The average molecular weight is 483 g/mol. The summed E-state index contributed by atoms with van der Waals surface area (Å²) in [6, 6.07) is 7.92. The van der Waals surface area contributed by atoms with Gasteiger partial charge in [-0.2, -0.15) is 4.98 Å². The van der Waals surface area contributed by atoms with E-state index in [0.717, 1.165) is 31.5 Å². The first-order valence-corrected chi connectivity index (χ1v) is 12.2. The zero-order valence-corrected chi connectivity index (χ0v) is 19.0. The fourth-order valence-electron chi connectivity index (χ4n) is 3.84. The molecule has 172 valence electrons. The number of aromatic nitrogens is 1. The fraction of sp³-hybridized carbons (Fsp3) is 0.381. The molecule has 0 amide bonds. The van der Waals surface area contributed by atoms with Crippen molar-refractivity contribution in [3.63, 3.8) is 0 Å². The van der Waals surface area contributed by atoms with Crippen LogP contribution in [0.25, 0.3) is 11.1 Å². The number of benzene rings is 2. The summed E-state index contributed by atoms with van der Waals surface area (Å²) < 4.78 is 49.0. The van der Waals surface area contributed by atoms with Crippen molar-refractivity contribution in [1.29, 1.82) is 0 Å².